The summed E-state index contributed by atoms with van der Waals surface area (Å²) < 4.78 is 1.72. The molecule has 0 saturated carbocycles. The molecule has 2 N–H and O–H groups in total. The number of nitrogens with zero attached hydrogens (tertiary/aromatic N) is 5. The zero-order valence-electron chi connectivity index (χ0n) is 10.4. The SMILES string of the molecule is CC(C)c1nc(CSc2nnnn2CCN)cs1. The van der Waals surface area contributed by atoms with Gasteiger partial charge in [0, 0.05) is 23.6 Å². The Balaban J connectivity index is 1.95. The molecule has 0 fully saturated rings. The number of nitrogens with two attached hydrogens (primary N) is 1. The predicted octanol–water partition coefficient (Wildman–Crippen LogP) is 1.50. The summed E-state index contributed by atoms with van der Waals surface area (Å²) in [4.78, 5) is 4.58. The van der Waals surface area contributed by atoms with E-state index in [1.165, 1.54) is 5.01 Å². The van der Waals surface area contributed by atoms with Crippen LogP contribution in [0.1, 0.15) is 30.5 Å². The average molecular weight is 284 g/mol. The van der Waals surface area contributed by atoms with Gasteiger partial charge >= 0.3 is 0 Å². The van der Waals surface area contributed by atoms with Gasteiger partial charge in [0.15, 0.2) is 0 Å². The van der Waals surface area contributed by atoms with E-state index in [1.807, 2.05) is 0 Å². The lowest BCUT2D eigenvalue weighted by atomic mass is 10.2. The summed E-state index contributed by atoms with van der Waals surface area (Å²) in [6, 6.07) is 0. The molecule has 0 unspecified atom stereocenters. The third kappa shape index (κ3) is 3.27. The van der Waals surface area contributed by atoms with E-state index in [9.17, 15) is 0 Å². The van der Waals surface area contributed by atoms with Crippen molar-refractivity contribution in [2.45, 2.75) is 37.2 Å². The number of aromatic nitrogens is 5. The molecule has 2 rings (SSSR count). The number of thioether (sulfide) groups is 1. The molecule has 0 spiro atoms. The Morgan fingerprint density at radius 1 is 1.50 bits per heavy atom. The third-order valence-electron chi connectivity index (χ3n) is 2.25. The van der Waals surface area contributed by atoms with Crippen molar-refractivity contribution < 1.29 is 0 Å². The molecule has 0 amide bonds. The van der Waals surface area contributed by atoms with E-state index in [4.69, 9.17) is 5.73 Å². The molecule has 0 saturated heterocycles. The molecule has 2 aromatic heterocycles. The van der Waals surface area contributed by atoms with E-state index in [0.29, 0.717) is 19.0 Å². The van der Waals surface area contributed by atoms with E-state index >= 15 is 0 Å². The minimum Gasteiger partial charge on any atom is -0.329 e. The number of tetrazole rings is 1. The molecular weight excluding hydrogens is 268 g/mol. The fourth-order valence-corrected chi connectivity index (χ4v) is 3.09. The quantitative estimate of drug-likeness (QED) is 0.810. The maximum absolute atomic E-state index is 5.50. The molecule has 0 aliphatic carbocycles. The van der Waals surface area contributed by atoms with Gasteiger partial charge in [-0.1, -0.05) is 25.6 Å². The first-order valence-electron chi connectivity index (χ1n) is 5.74. The van der Waals surface area contributed by atoms with Crippen LogP contribution >= 0.6 is 23.1 Å². The van der Waals surface area contributed by atoms with Crippen LogP contribution in [0, 0.1) is 0 Å². The second-order valence-corrected chi connectivity index (χ2v) is 5.93. The monoisotopic (exact) mass is 284 g/mol. The number of hydrogen-bond acceptors (Lipinski definition) is 7. The lowest BCUT2D eigenvalue weighted by Gasteiger charge is -2.01. The van der Waals surface area contributed by atoms with E-state index in [-0.39, 0.29) is 0 Å². The summed E-state index contributed by atoms with van der Waals surface area (Å²) in [5.41, 5.74) is 6.58. The maximum Gasteiger partial charge on any atom is 0.209 e. The minimum absolute atomic E-state index is 0.483. The van der Waals surface area contributed by atoms with Gasteiger partial charge in [0.25, 0.3) is 0 Å². The Labute approximate surface area is 114 Å². The van der Waals surface area contributed by atoms with E-state index in [0.717, 1.165) is 16.6 Å². The second-order valence-electron chi connectivity index (χ2n) is 4.09. The molecule has 0 aliphatic heterocycles. The van der Waals surface area contributed by atoms with Crippen LogP contribution in [-0.2, 0) is 12.3 Å². The Kier molecular flexibility index (Phi) is 4.67. The molecule has 8 heteroatoms. The highest BCUT2D eigenvalue weighted by Gasteiger charge is 2.09. The van der Waals surface area contributed by atoms with Crippen LogP contribution < -0.4 is 5.73 Å². The molecule has 98 valence electrons. The Bertz CT molecular complexity index is 492. The van der Waals surface area contributed by atoms with Gasteiger partial charge in [-0.15, -0.1) is 16.4 Å². The van der Waals surface area contributed by atoms with Gasteiger partial charge in [0.1, 0.15) is 0 Å². The number of hydrogen-bond donors (Lipinski definition) is 1. The Hall–Kier alpha value is -0.990. The molecule has 0 radical (unpaired) electrons. The molecular formula is C10H16N6S2. The van der Waals surface area contributed by atoms with Gasteiger partial charge in [0.2, 0.25) is 5.16 Å². The number of thiazole rings is 1. The Morgan fingerprint density at radius 2 is 2.33 bits per heavy atom. The van der Waals surface area contributed by atoms with Crippen molar-refractivity contribution in [1.29, 1.82) is 0 Å². The summed E-state index contributed by atoms with van der Waals surface area (Å²) in [7, 11) is 0. The van der Waals surface area contributed by atoms with E-state index in [2.05, 4.69) is 39.7 Å². The zero-order chi connectivity index (χ0) is 13.0. The van der Waals surface area contributed by atoms with Crippen molar-refractivity contribution in [1.82, 2.24) is 25.2 Å². The first kappa shape index (κ1) is 13.4. The fraction of sp³-hybridized carbons (Fsp3) is 0.600. The average Bonchev–Trinajstić information content (AvgIpc) is 2.95. The standard InChI is InChI=1S/C10H16N6S2/c1-7(2)9-12-8(5-17-9)6-18-10-13-14-15-16(10)4-3-11/h5,7H,3-4,6,11H2,1-2H3. The third-order valence-corrected chi connectivity index (χ3v) is 4.44. The first-order valence-corrected chi connectivity index (χ1v) is 7.60. The molecule has 0 aliphatic rings. The van der Waals surface area contributed by atoms with E-state index < -0.39 is 0 Å². The van der Waals surface area contributed by atoms with Crippen LogP contribution in [0.25, 0.3) is 0 Å². The van der Waals surface area contributed by atoms with Crippen LogP contribution in [-0.4, -0.2) is 31.7 Å². The van der Waals surface area contributed by atoms with Gasteiger partial charge in [-0.05, 0) is 10.4 Å². The minimum atomic E-state index is 0.483. The summed E-state index contributed by atoms with van der Waals surface area (Å²) in [6.07, 6.45) is 0. The van der Waals surface area contributed by atoms with Crippen molar-refractivity contribution in [3.8, 4) is 0 Å². The van der Waals surface area contributed by atoms with Crippen molar-refractivity contribution in [3.05, 3.63) is 16.1 Å². The number of rotatable bonds is 6. The van der Waals surface area contributed by atoms with Crippen LogP contribution in [0.5, 0.6) is 0 Å². The first-order chi connectivity index (χ1) is 8.70. The molecule has 2 aromatic rings. The largest absolute Gasteiger partial charge is 0.329 e. The van der Waals surface area contributed by atoms with Crippen molar-refractivity contribution in [2.24, 2.45) is 5.73 Å². The summed E-state index contributed by atoms with van der Waals surface area (Å²) in [6.45, 7) is 5.48. The van der Waals surface area contributed by atoms with Gasteiger partial charge in [-0.3, -0.25) is 0 Å². The highest BCUT2D eigenvalue weighted by molar-refractivity contribution is 7.98. The summed E-state index contributed by atoms with van der Waals surface area (Å²) in [5.74, 6) is 1.27. The predicted molar refractivity (Wildman–Crippen MR) is 72.6 cm³/mol. The summed E-state index contributed by atoms with van der Waals surface area (Å²) >= 11 is 3.29. The van der Waals surface area contributed by atoms with Crippen molar-refractivity contribution in [2.75, 3.05) is 6.54 Å². The van der Waals surface area contributed by atoms with Crippen LogP contribution in [0.4, 0.5) is 0 Å². The van der Waals surface area contributed by atoms with Gasteiger partial charge < -0.3 is 5.73 Å². The molecule has 6 nitrogen and oxygen atoms in total. The fourth-order valence-electron chi connectivity index (χ4n) is 1.36. The highest BCUT2D eigenvalue weighted by atomic mass is 32.2. The van der Waals surface area contributed by atoms with E-state index in [1.54, 1.807) is 27.8 Å². The Morgan fingerprint density at radius 3 is 3.00 bits per heavy atom. The topological polar surface area (TPSA) is 82.5 Å². The normalized spacial score (nSPS) is 11.3. The lowest BCUT2D eigenvalue weighted by Crippen LogP contribution is -2.12. The lowest BCUT2D eigenvalue weighted by molar-refractivity contribution is 0.557. The molecule has 0 atom stereocenters. The van der Waals surface area contributed by atoms with Gasteiger partial charge in [0.05, 0.1) is 17.2 Å². The van der Waals surface area contributed by atoms with Crippen molar-refractivity contribution in [3.63, 3.8) is 0 Å². The molecule has 0 aromatic carbocycles. The maximum atomic E-state index is 5.50. The van der Waals surface area contributed by atoms with Crippen LogP contribution in [0.15, 0.2) is 10.5 Å². The van der Waals surface area contributed by atoms with Crippen LogP contribution in [0.3, 0.4) is 0 Å². The van der Waals surface area contributed by atoms with Crippen LogP contribution in [0.2, 0.25) is 0 Å². The second kappa shape index (κ2) is 6.26. The van der Waals surface area contributed by atoms with Crippen molar-refractivity contribution >= 4 is 23.1 Å². The summed E-state index contributed by atoms with van der Waals surface area (Å²) in [5, 5.41) is 15.6. The molecule has 18 heavy (non-hydrogen) atoms. The van der Waals surface area contributed by atoms with Gasteiger partial charge in [-0.2, -0.15) is 0 Å². The van der Waals surface area contributed by atoms with Gasteiger partial charge in [-0.25, -0.2) is 9.67 Å². The smallest absolute Gasteiger partial charge is 0.209 e. The molecule has 2 heterocycles. The highest BCUT2D eigenvalue weighted by Crippen LogP contribution is 2.24. The molecule has 0 bridgehead atoms. The zero-order valence-corrected chi connectivity index (χ0v) is 12.0.